The Morgan fingerprint density at radius 3 is 2.56 bits per heavy atom. The van der Waals surface area contributed by atoms with Gasteiger partial charge in [-0.3, -0.25) is 4.57 Å². The number of aryl methyl sites for hydroxylation is 1. The summed E-state index contributed by atoms with van der Waals surface area (Å²) in [6.45, 7) is 3.50. The minimum Gasteiger partial charge on any atom is -0.429 e. The molecule has 3 rings (SSSR count). The number of hydrogen-bond donors (Lipinski definition) is 1. The first-order valence-electron chi connectivity index (χ1n) is 8.62. The van der Waals surface area contributed by atoms with Gasteiger partial charge in [-0.1, -0.05) is 24.3 Å². The van der Waals surface area contributed by atoms with Gasteiger partial charge in [-0.25, -0.2) is 12.7 Å². The molecule has 1 heterocycles. The van der Waals surface area contributed by atoms with Gasteiger partial charge < -0.3 is 9.32 Å². The number of nitrogens with one attached hydrogen (secondary N) is 1. The first kappa shape index (κ1) is 19.8. The highest BCUT2D eigenvalue weighted by Crippen LogP contribution is 2.22. The van der Waals surface area contributed by atoms with Crippen molar-refractivity contribution < 1.29 is 17.7 Å². The molecule has 8 heteroatoms. The summed E-state index contributed by atoms with van der Waals surface area (Å²) in [6.07, 6.45) is 0. The van der Waals surface area contributed by atoms with E-state index in [0.717, 1.165) is 6.54 Å². The van der Waals surface area contributed by atoms with Crippen molar-refractivity contribution in [3.63, 3.8) is 0 Å². The largest absolute Gasteiger partial charge is 0.429 e. The highest BCUT2D eigenvalue weighted by molar-refractivity contribution is 7.89. The van der Waals surface area contributed by atoms with Gasteiger partial charge in [0.15, 0.2) is 12.3 Å². The summed E-state index contributed by atoms with van der Waals surface area (Å²) in [5, 5.41) is 0. The zero-order valence-corrected chi connectivity index (χ0v) is 17.5. The van der Waals surface area contributed by atoms with E-state index >= 15 is 0 Å². The molecule has 0 saturated heterocycles. The van der Waals surface area contributed by atoms with E-state index in [2.05, 4.69) is 26.1 Å². The standard InChI is InChI=1S/C19H23N3O3S2/c1-14-7-5-6-8-15(14)12-21(4)13-22-17-11-16(27(23,24)20(2)3)9-10-18(17)25-19(22)26/h5-11H,12-13H2,1-4H3/p+1. The van der Waals surface area contributed by atoms with E-state index in [1.54, 1.807) is 18.2 Å². The van der Waals surface area contributed by atoms with E-state index in [-0.39, 0.29) is 4.90 Å². The molecule has 0 aliphatic carbocycles. The van der Waals surface area contributed by atoms with Crippen molar-refractivity contribution in [1.82, 2.24) is 8.87 Å². The first-order valence-corrected chi connectivity index (χ1v) is 10.5. The smallest absolute Gasteiger partial charge is 0.274 e. The Bertz CT molecular complexity index is 1130. The van der Waals surface area contributed by atoms with Crippen LogP contribution in [0.2, 0.25) is 0 Å². The molecule has 1 atom stereocenters. The lowest BCUT2D eigenvalue weighted by Crippen LogP contribution is -3.06. The third-order valence-electron chi connectivity index (χ3n) is 4.60. The second-order valence-electron chi connectivity index (χ2n) is 6.93. The molecule has 0 saturated carbocycles. The van der Waals surface area contributed by atoms with E-state index in [1.807, 2.05) is 16.7 Å². The van der Waals surface area contributed by atoms with Gasteiger partial charge in [-0.15, -0.1) is 0 Å². The molecule has 0 radical (unpaired) electrons. The number of quaternary nitrogens is 1. The molecule has 1 N–H and O–H groups in total. The van der Waals surface area contributed by atoms with Crippen LogP contribution in [0, 0.1) is 11.8 Å². The van der Waals surface area contributed by atoms with Gasteiger partial charge in [0.25, 0.3) is 4.84 Å². The van der Waals surface area contributed by atoms with Gasteiger partial charge in [0.1, 0.15) is 6.54 Å². The Labute approximate surface area is 164 Å². The number of sulfonamides is 1. The van der Waals surface area contributed by atoms with Crippen LogP contribution in [0.25, 0.3) is 11.1 Å². The molecule has 0 aliphatic heterocycles. The lowest BCUT2D eigenvalue weighted by Gasteiger charge is -2.16. The molecule has 0 aliphatic rings. The number of fused-ring (bicyclic) bond motifs is 1. The summed E-state index contributed by atoms with van der Waals surface area (Å²) >= 11 is 5.37. The van der Waals surface area contributed by atoms with E-state index in [1.165, 1.54) is 34.4 Å². The van der Waals surface area contributed by atoms with Crippen molar-refractivity contribution in [2.75, 3.05) is 21.1 Å². The molecule has 0 amide bonds. The van der Waals surface area contributed by atoms with E-state index in [4.69, 9.17) is 16.6 Å². The molecule has 0 spiro atoms. The number of oxazole rings is 1. The van der Waals surface area contributed by atoms with Crippen LogP contribution < -0.4 is 4.90 Å². The molecule has 6 nitrogen and oxygen atoms in total. The van der Waals surface area contributed by atoms with Gasteiger partial charge >= 0.3 is 0 Å². The van der Waals surface area contributed by atoms with Crippen LogP contribution in [-0.4, -0.2) is 38.4 Å². The van der Waals surface area contributed by atoms with Crippen molar-refractivity contribution in [1.29, 1.82) is 0 Å². The maximum atomic E-state index is 12.4. The highest BCUT2D eigenvalue weighted by atomic mass is 32.2. The lowest BCUT2D eigenvalue weighted by atomic mass is 10.1. The summed E-state index contributed by atoms with van der Waals surface area (Å²) < 4.78 is 33.6. The van der Waals surface area contributed by atoms with Gasteiger partial charge in [0.2, 0.25) is 10.0 Å². The van der Waals surface area contributed by atoms with Gasteiger partial charge in [0, 0.05) is 19.7 Å². The molecular formula is C19H24N3O3S2+. The maximum absolute atomic E-state index is 12.4. The zero-order valence-electron chi connectivity index (χ0n) is 15.9. The number of nitrogens with zero attached hydrogens (tertiary/aromatic N) is 2. The van der Waals surface area contributed by atoms with Crippen LogP contribution in [0.3, 0.4) is 0 Å². The third-order valence-corrected chi connectivity index (χ3v) is 6.71. The summed E-state index contributed by atoms with van der Waals surface area (Å²) in [6, 6.07) is 13.1. The molecule has 0 fully saturated rings. The number of hydrogen-bond acceptors (Lipinski definition) is 4. The van der Waals surface area contributed by atoms with Gasteiger partial charge in [-0.2, -0.15) is 0 Å². The minimum atomic E-state index is -3.52. The van der Waals surface area contributed by atoms with Gasteiger partial charge in [0.05, 0.1) is 17.5 Å². The van der Waals surface area contributed by atoms with Crippen LogP contribution in [0.4, 0.5) is 0 Å². The maximum Gasteiger partial charge on any atom is 0.274 e. The van der Waals surface area contributed by atoms with E-state index in [9.17, 15) is 8.42 Å². The minimum absolute atomic E-state index is 0.223. The molecule has 1 unspecified atom stereocenters. The van der Waals surface area contributed by atoms with E-state index < -0.39 is 10.0 Å². The Kier molecular flexibility index (Phi) is 5.53. The molecule has 0 bridgehead atoms. The Balaban J connectivity index is 1.95. The summed E-state index contributed by atoms with van der Waals surface area (Å²) in [5.41, 5.74) is 3.79. The average molecular weight is 407 g/mol. The number of rotatable bonds is 6. The van der Waals surface area contributed by atoms with E-state index in [0.29, 0.717) is 22.6 Å². The Morgan fingerprint density at radius 1 is 1.19 bits per heavy atom. The molecule has 27 heavy (non-hydrogen) atoms. The molecule has 2 aromatic carbocycles. The van der Waals surface area contributed by atoms with Crippen molar-refractivity contribution >= 4 is 33.3 Å². The van der Waals surface area contributed by atoms with Crippen molar-refractivity contribution in [2.24, 2.45) is 0 Å². The monoisotopic (exact) mass is 406 g/mol. The van der Waals surface area contributed by atoms with Crippen molar-refractivity contribution in [2.45, 2.75) is 25.0 Å². The number of benzene rings is 2. The topological polar surface area (TPSA) is 59.9 Å². The molecule has 144 valence electrons. The molecule has 1 aromatic heterocycles. The fourth-order valence-corrected chi connectivity index (χ4v) is 4.20. The predicted molar refractivity (Wildman–Crippen MR) is 108 cm³/mol. The predicted octanol–water partition coefficient (Wildman–Crippen LogP) is 2.19. The highest BCUT2D eigenvalue weighted by Gasteiger charge is 2.20. The number of aromatic nitrogens is 1. The summed E-state index contributed by atoms with van der Waals surface area (Å²) in [5.74, 6) is 0. The van der Waals surface area contributed by atoms with Crippen LogP contribution in [0.15, 0.2) is 51.8 Å². The molecule has 3 aromatic rings. The lowest BCUT2D eigenvalue weighted by molar-refractivity contribution is -0.916. The summed E-state index contributed by atoms with van der Waals surface area (Å²) in [7, 11) is 1.59. The summed E-state index contributed by atoms with van der Waals surface area (Å²) in [4.78, 5) is 1.78. The van der Waals surface area contributed by atoms with Crippen LogP contribution in [0.1, 0.15) is 11.1 Å². The SMILES string of the molecule is Cc1ccccc1C[NH+](C)Cn1c(=S)oc2ccc(S(=O)(=O)N(C)C)cc21. The Hall–Kier alpha value is -2.00. The second-order valence-corrected chi connectivity index (χ2v) is 9.43. The second kappa shape index (κ2) is 7.55. The van der Waals surface area contributed by atoms with Crippen molar-refractivity contribution in [3.05, 3.63) is 58.4 Å². The van der Waals surface area contributed by atoms with Crippen LogP contribution in [-0.2, 0) is 23.2 Å². The van der Waals surface area contributed by atoms with Crippen molar-refractivity contribution in [3.8, 4) is 0 Å². The zero-order chi connectivity index (χ0) is 19.8. The quantitative estimate of drug-likeness (QED) is 0.638. The van der Waals surface area contributed by atoms with Crippen LogP contribution >= 0.6 is 12.2 Å². The fraction of sp³-hybridized carbons (Fsp3) is 0.316. The fourth-order valence-electron chi connectivity index (χ4n) is 3.02. The third kappa shape index (κ3) is 3.98. The first-order chi connectivity index (χ1) is 12.7. The van der Waals surface area contributed by atoms with Gasteiger partial charge in [-0.05, 0) is 42.9 Å². The average Bonchev–Trinajstić information content (AvgIpc) is 2.91. The molecular weight excluding hydrogens is 382 g/mol. The van der Waals surface area contributed by atoms with Crippen LogP contribution in [0.5, 0.6) is 0 Å². The normalized spacial score (nSPS) is 13.4. The Morgan fingerprint density at radius 2 is 1.89 bits per heavy atom.